The molecule has 0 bridgehead atoms. The van der Waals surface area contributed by atoms with Crippen LogP contribution in [0.15, 0.2) is 146 Å². The van der Waals surface area contributed by atoms with Crippen LogP contribution in [0.4, 0.5) is 0 Å². The molecule has 0 saturated carbocycles. The molecule has 6 heteroatoms. The quantitative estimate of drug-likeness (QED) is 0.0354. The smallest absolute Gasteiger partial charge is 0.119 e. The van der Waals surface area contributed by atoms with Gasteiger partial charge in [0.1, 0.15) is 34.5 Å². The van der Waals surface area contributed by atoms with Crippen molar-refractivity contribution in [3.8, 4) is 34.5 Å². The van der Waals surface area contributed by atoms with Gasteiger partial charge in [-0.3, -0.25) is 0 Å². The average Bonchev–Trinajstić information content (AvgIpc) is 0.761. The molecule has 0 unspecified atom stereocenters. The van der Waals surface area contributed by atoms with E-state index >= 15 is 0 Å². The fourth-order valence-corrected chi connectivity index (χ4v) is 16.5. The normalized spacial score (nSPS) is 11.4. The molecule has 0 N–H and O–H groups in total. The van der Waals surface area contributed by atoms with Gasteiger partial charge in [0.05, 0.1) is 39.6 Å². The van der Waals surface area contributed by atoms with E-state index in [0.717, 1.165) is 190 Å². The van der Waals surface area contributed by atoms with E-state index in [-0.39, 0.29) is 0 Å². The second kappa shape index (κ2) is 62.6. The summed E-state index contributed by atoms with van der Waals surface area (Å²) in [6.07, 6.45) is 65.0. The van der Waals surface area contributed by atoms with Crippen molar-refractivity contribution in [2.45, 2.75) is 388 Å². The fourth-order valence-electron chi connectivity index (χ4n) is 16.5. The predicted octanol–water partition coefficient (Wildman–Crippen LogP) is 31.2. The van der Waals surface area contributed by atoms with Crippen LogP contribution in [0.1, 0.15) is 378 Å². The molecule has 630 valence electrons. The molecule has 0 fully saturated rings. The molecule has 6 nitrogen and oxygen atoms in total. The number of benzene rings is 7. The number of hydrogen-bond donors (Lipinski definition) is 0. The highest BCUT2D eigenvalue weighted by atomic mass is 16.5. The Labute approximate surface area is 699 Å². The van der Waals surface area contributed by atoms with Crippen LogP contribution in [0.25, 0.3) is 0 Å². The van der Waals surface area contributed by atoms with Gasteiger partial charge in [-0.05, 0) is 255 Å². The first-order valence-corrected chi connectivity index (χ1v) is 47.9. The lowest BCUT2D eigenvalue weighted by atomic mass is 9.76. The van der Waals surface area contributed by atoms with Crippen molar-refractivity contribution >= 4 is 0 Å². The maximum Gasteiger partial charge on any atom is 0.119 e. The van der Waals surface area contributed by atoms with E-state index in [2.05, 4.69) is 187 Å². The summed E-state index contributed by atoms with van der Waals surface area (Å²) in [7, 11) is 0. The molecule has 0 aromatic heterocycles. The van der Waals surface area contributed by atoms with Crippen molar-refractivity contribution in [2.24, 2.45) is 0 Å². The van der Waals surface area contributed by atoms with E-state index in [9.17, 15) is 0 Å². The number of ether oxygens (including phenoxy) is 6. The summed E-state index contributed by atoms with van der Waals surface area (Å²) < 4.78 is 38.8. The third-order valence-electron chi connectivity index (χ3n) is 23.8. The van der Waals surface area contributed by atoms with Crippen LogP contribution in [0.3, 0.4) is 0 Å². The number of hydrogen-bond acceptors (Lipinski definition) is 6. The third-order valence-corrected chi connectivity index (χ3v) is 23.8. The molecule has 0 heterocycles. The standard InChI is InChI=1S/C108H162O6/c1-7-13-19-25-31-37-43-85-109-97-67-49-91(50-68-97)61-79-103-104(80-62-92-51-69-98(70-52-92)110-86-44-38-32-26-20-14-8-2)106(82-64-94-55-73-100(74-56-94)112-88-46-40-34-28-22-16-10-4)108(84-66-96-59-77-102(78-60-96)114-90-48-42-36-30-24-18-12-6)107(83-65-95-57-75-101(76-58-95)113-89-47-41-35-29-23-17-11-5)105(103)81-63-93-53-71-99(72-54-93)111-87-45-39-33-27-21-15-9-3/h49-60,67-78H,7-48,61-66,79-90H2,1-6H3. The minimum atomic E-state index is 0.773. The number of aryl methyl sites for hydroxylation is 6. The maximum atomic E-state index is 6.47. The van der Waals surface area contributed by atoms with Gasteiger partial charge < -0.3 is 28.4 Å². The molecule has 7 aromatic rings. The summed E-state index contributed by atoms with van der Waals surface area (Å²) >= 11 is 0. The first kappa shape index (κ1) is 94.5. The minimum Gasteiger partial charge on any atom is -0.494 e. The Bertz CT molecular complexity index is 2810. The van der Waals surface area contributed by atoms with Crippen molar-refractivity contribution in [3.63, 3.8) is 0 Å². The van der Waals surface area contributed by atoms with Gasteiger partial charge in [-0.15, -0.1) is 0 Å². The van der Waals surface area contributed by atoms with Gasteiger partial charge >= 0.3 is 0 Å². The zero-order valence-corrected chi connectivity index (χ0v) is 73.7. The van der Waals surface area contributed by atoms with Crippen LogP contribution in [-0.2, 0) is 77.0 Å². The Kier molecular flexibility index (Phi) is 51.9. The molecule has 0 aliphatic heterocycles. The van der Waals surface area contributed by atoms with Gasteiger partial charge in [-0.2, -0.15) is 0 Å². The zero-order valence-electron chi connectivity index (χ0n) is 73.7. The van der Waals surface area contributed by atoms with Gasteiger partial charge in [0.15, 0.2) is 0 Å². The Morgan fingerprint density at radius 3 is 0.368 bits per heavy atom. The molecular formula is C108H162O6. The van der Waals surface area contributed by atoms with Gasteiger partial charge in [0.25, 0.3) is 0 Å². The Balaban J connectivity index is 1.31. The molecule has 0 aliphatic rings. The first-order chi connectivity index (χ1) is 56.4. The van der Waals surface area contributed by atoms with Crippen LogP contribution in [0.5, 0.6) is 34.5 Å². The predicted molar refractivity (Wildman–Crippen MR) is 490 cm³/mol. The van der Waals surface area contributed by atoms with E-state index in [0.29, 0.717) is 0 Å². The summed E-state index contributed by atoms with van der Waals surface area (Å²) in [5.74, 6) is 5.89. The van der Waals surface area contributed by atoms with Gasteiger partial charge in [0, 0.05) is 0 Å². The Morgan fingerprint density at radius 1 is 0.132 bits per heavy atom. The summed E-state index contributed by atoms with van der Waals surface area (Å²) in [6.45, 7) is 18.4. The molecule has 114 heavy (non-hydrogen) atoms. The third kappa shape index (κ3) is 41.0. The SMILES string of the molecule is CCCCCCCCCOc1ccc(CCc2c(CCc3ccc(OCCCCCCCCC)cc3)c(CCc3ccc(OCCCCCCCCC)cc3)c(CCc3ccc(OCCCCCCCCC)cc3)c(CCc3ccc(OCCCCCCCCC)cc3)c2CCc2ccc(OCCCCCCCCC)cc2)cc1. The maximum absolute atomic E-state index is 6.47. The molecule has 0 saturated heterocycles. The molecule has 0 amide bonds. The van der Waals surface area contributed by atoms with Crippen LogP contribution in [0.2, 0.25) is 0 Å². The largest absolute Gasteiger partial charge is 0.494 e. The monoisotopic (exact) mass is 1560 g/mol. The second-order valence-corrected chi connectivity index (χ2v) is 33.6. The lowest BCUT2D eigenvalue weighted by molar-refractivity contribution is 0.304. The summed E-state index contributed by atoms with van der Waals surface area (Å²) in [5.41, 5.74) is 17.6. The Hall–Kier alpha value is -6.66. The first-order valence-electron chi connectivity index (χ1n) is 47.9. The minimum absolute atomic E-state index is 0.773. The summed E-state index contributed by atoms with van der Waals surface area (Å²) in [6, 6.07) is 55.3. The van der Waals surface area contributed by atoms with Crippen molar-refractivity contribution < 1.29 is 28.4 Å². The van der Waals surface area contributed by atoms with E-state index in [1.54, 1.807) is 33.4 Å². The van der Waals surface area contributed by atoms with Gasteiger partial charge in [-0.1, -0.05) is 345 Å². The number of unbranched alkanes of at least 4 members (excludes halogenated alkanes) is 36. The summed E-state index contributed by atoms with van der Waals surface area (Å²) in [4.78, 5) is 0. The van der Waals surface area contributed by atoms with Crippen molar-refractivity contribution in [1.29, 1.82) is 0 Å². The van der Waals surface area contributed by atoms with Crippen LogP contribution in [0, 0.1) is 0 Å². The molecule has 0 aliphatic carbocycles. The lowest BCUT2D eigenvalue weighted by Crippen LogP contribution is -2.18. The molecule has 0 spiro atoms. The van der Waals surface area contributed by atoms with E-state index in [1.807, 2.05) is 0 Å². The van der Waals surface area contributed by atoms with Crippen LogP contribution in [-0.4, -0.2) is 39.6 Å². The van der Waals surface area contributed by atoms with Crippen LogP contribution >= 0.6 is 0 Å². The van der Waals surface area contributed by atoms with Crippen molar-refractivity contribution in [1.82, 2.24) is 0 Å². The highest BCUT2D eigenvalue weighted by molar-refractivity contribution is 5.55. The van der Waals surface area contributed by atoms with E-state index < -0.39 is 0 Å². The molecule has 0 radical (unpaired) electrons. The fraction of sp³-hybridized carbons (Fsp3) is 0.611. The Morgan fingerprint density at radius 2 is 0.246 bits per heavy atom. The zero-order chi connectivity index (χ0) is 80.0. The topological polar surface area (TPSA) is 55.4 Å². The van der Waals surface area contributed by atoms with Crippen molar-refractivity contribution in [2.75, 3.05) is 39.6 Å². The average molecular weight is 1560 g/mol. The highest BCUT2D eigenvalue weighted by Gasteiger charge is 2.25. The second-order valence-electron chi connectivity index (χ2n) is 33.6. The van der Waals surface area contributed by atoms with E-state index in [1.165, 1.54) is 265 Å². The van der Waals surface area contributed by atoms with Crippen LogP contribution < -0.4 is 28.4 Å². The van der Waals surface area contributed by atoms with Gasteiger partial charge in [0.2, 0.25) is 0 Å². The van der Waals surface area contributed by atoms with E-state index in [4.69, 9.17) is 28.4 Å². The summed E-state index contributed by atoms with van der Waals surface area (Å²) in [5, 5.41) is 0. The number of rotatable bonds is 72. The molecule has 7 rings (SSSR count). The molecule has 0 atom stereocenters. The van der Waals surface area contributed by atoms with Gasteiger partial charge in [-0.25, -0.2) is 0 Å². The highest BCUT2D eigenvalue weighted by Crippen LogP contribution is 2.37. The lowest BCUT2D eigenvalue weighted by Gasteiger charge is -2.28. The molecular weight excluding hydrogens is 1390 g/mol. The van der Waals surface area contributed by atoms with Crippen molar-refractivity contribution in [3.05, 3.63) is 212 Å². The molecule has 7 aromatic carbocycles.